The molecule has 0 heterocycles. The van der Waals surface area contributed by atoms with Crippen LogP contribution in [0.2, 0.25) is 0 Å². The van der Waals surface area contributed by atoms with Crippen LogP contribution in [0.4, 0.5) is 0 Å². The fourth-order valence-corrected chi connectivity index (χ4v) is 5.13. The van der Waals surface area contributed by atoms with Gasteiger partial charge in [0, 0.05) is 21.3 Å². The minimum absolute atomic E-state index is 0.606. The van der Waals surface area contributed by atoms with Crippen molar-refractivity contribution in [2.45, 2.75) is 0 Å². The minimum atomic E-state index is 0.606. The van der Waals surface area contributed by atoms with Gasteiger partial charge in [0.25, 0.3) is 0 Å². The number of hydrogen-bond donors (Lipinski definition) is 0. The summed E-state index contributed by atoms with van der Waals surface area (Å²) in [5.41, 5.74) is 1.05. The summed E-state index contributed by atoms with van der Waals surface area (Å²) in [6.07, 6.45) is 0. The van der Waals surface area contributed by atoms with Crippen molar-refractivity contribution in [2.75, 3.05) is 0 Å². The van der Waals surface area contributed by atoms with E-state index in [0.29, 0.717) is 5.03 Å². The molecule has 4 heteroatoms. The summed E-state index contributed by atoms with van der Waals surface area (Å²) in [6.45, 7) is 3.83. The van der Waals surface area contributed by atoms with Gasteiger partial charge in [-0.3, -0.25) is 0 Å². The molecule has 0 saturated heterocycles. The summed E-state index contributed by atoms with van der Waals surface area (Å²) in [6, 6.07) is 8.58. The van der Waals surface area contributed by atoms with Crippen molar-refractivity contribution in [3.8, 4) is 0 Å². The molecule has 0 aromatic heterocycles. The molecule has 16 heavy (non-hydrogen) atoms. The summed E-state index contributed by atoms with van der Waals surface area (Å²) in [5.74, 6) is 0. The van der Waals surface area contributed by atoms with Crippen molar-refractivity contribution in [1.29, 1.82) is 0 Å². The first-order chi connectivity index (χ1) is 7.50. The number of benzene rings is 2. The highest BCUT2D eigenvalue weighted by Gasteiger charge is 2.11. The fraction of sp³-hybridized carbons (Fsp3) is 0. The van der Waals surface area contributed by atoms with E-state index in [1.54, 1.807) is 0 Å². The maximum absolute atomic E-state index is 6.04. The first kappa shape index (κ1) is 13.4. The lowest BCUT2D eigenvalue weighted by atomic mass is 10.1. The van der Waals surface area contributed by atoms with E-state index in [2.05, 4.69) is 98.6 Å². The summed E-state index contributed by atoms with van der Waals surface area (Å²) in [5, 5.41) is 3.09. The normalized spacial score (nSPS) is 10.8. The van der Waals surface area contributed by atoms with Gasteiger partial charge in [0.2, 0.25) is 0 Å². The SMILES string of the molecule is C=C(Cl)c1c(I)cc2cc(I)ccc2c1I. The highest BCUT2D eigenvalue weighted by atomic mass is 127. The third kappa shape index (κ3) is 2.51. The molecule has 0 radical (unpaired) electrons. The largest absolute Gasteiger partial charge is 0.0843 e. The molecule has 0 aliphatic rings. The summed E-state index contributed by atoms with van der Waals surface area (Å²) < 4.78 is 3.57. The lowest BCUT2D eigenvalue weighted by Crippen LogP contribution is -1.91. The maximum atomic E-state index is 6.04. The minimum Gasteiger partial charge on any atom is -0.0843 e. The molecule has 0 bridgehead atoms. The van der Waals surface area contributed by atoms with Crippen LogP contribution in [0.15, 0.2) is 30.8 Å². The van der Waals surface area contributed by atoms with Gasteiger partial charge in [0.1, 0.15) is 0 Å². The Bertz CT molecular complexity index is 590. The van der Waals surface area contributed by atoms with Gasteiger partial charge in [0.05, 0.1) is 0 Å². The van der Waals surface area contributed by atoms with Crippen LogP contribution in [-0.4, -0.2) is 0 Å². The van der Waals surface area contributed by atoms with E-state index in [1.165, 1.54) is 17.9 Å². The first-order valence-corrected chi connectivity index (χ1v) is 8.04. The Morgan fingerprint density at radius 2 is 1.81 bits per heavy atom. The summed E-state index contributed by atoms with van der Waals surface area (Å²) in [4.78, 5) is 0. The van der Waals surface area contributed by atoms with E-state index in [1.807, 2.05) is 0 Å². The lowest BCUT2D eigenvalue weighted by Gasteiger charge is -2.10. The van der Waals surface area contributed by atoms with Gasteiger partial charge >= 0.3 is 0 Å². The van der Waals surface area contributed by atoms with Crippen LogP contribution in [0.5, 0.6) is 0 Å². The highest BCUT2D eigenvalue weighted by Crippen LogP contribution is 2.34. The van der Waals surface area contributed by atoms with Crippen molar-refractivity contribution < 1.29 is 0 Å². The molecule has 2 aromatic carbocycles. The molecule has 0 amide bonds. The van der Waals surface area contributed by atoms with Crippen LogP contribution in [0.1, 0.15) is 5.56 Å². The molecule has 0 saturated carbocycles. The molecule has 0 unspecified atom stereocenters. The fourth-order valence-electron chi connectivity index (χ4n) is 1.55. The number of hydrogen-bond acceptors (Lipinski definition) is 0. The second kappa shape index (κ2) is 5.27. The van der Waals surface area contributed by atoms with Gasteiger partial charge in [-0.15, -0.1) is 0 Å². The average Bonchev–Trinajstić information content (AvgIpc) is 2.15. The first-order valence-electron chi connectivity index (χ1n) is 4.42. The molecule has 82 valence electrons. The van der Waals surface area contributed by atoms with Crippen LogP contribution in [0.3, 0.4) is 0 Å². The number of rotatable bonds is 1. The number of halogens is 4. The van der Waals surface area contributed by atoms with Gasteiger partial charge in [-0.2, -0.15) is 0 Å². The van der Waals surface area contributed by atoms with Crippen LogP contribution in [-0.2, 0) is 0 Å². The highest BCUT2D eigenvalue weighted by molar-refractivity contribution is 14.1. The lowest BCUT2D eigenvalue weighted by molar-refractivity contribution is 1.58. The zero-order valence-electron chi connectivity index (χ0n) is 8.03. The standard InChI is InChI=1S/C12H6ClI3/c1-6(13)11-10(15)5-7-4-8(14)2-3-9(7)12(11)16/h2-5H,1H2. The predicted molar refractivity (Wildman–Crippen MR) is 97.0 cm³/mol. The quantitative estimate of drug-likeness (QED) is 0.380. The molecule has 0 spiro atoms. The van der Waals surface area contributed by atoms with Crippen LogP contribution < -0.4 is 0 Å². The molecule has 0 fully saturated rings. The molecular weight excluding hydrogens is 560 g/mol. The Hall–Kier alpha value is 0.920. The van der Waals surface area contributed by atoms with E-state index in [4.69, 9.17) is 11.6 Å². The Morgan fingerprint density at radius 1 is 1.12 bits per heavy atom. The average molecular weight is 566 g/mol. The maximum Gasteiger partial charge on any atom is 0.0428 e. The van der Waals surface area contributed by atoms with Crippen molar-refractivity contribution in [2.24, 2.45) is 0 Å². The number of fused-ring (bicyclic) bond motifs is 1. The monoisotopic (exact) mass is 566 g/mol. The van der Waals surface area contributed by atoms with Gasteiger partial charge in [-0.05, 0) is 96.7 Å². The van der Waals surface area contributed by atoms with Gasteiger partial charge < -0.3 is 0 Å². The molecule has 0 nitrogen and oxygen atoms in total. The summed E-state index contributed by atoms with van der Waals surface area (Å²) in [7, 11) is 0. The third-order valence-corrected chi connectivity index (χ3v) is 5.09. The zero-order valence-corrected chi connectivity index (χ0v) is 15.3. The molecule has 0 aliphatic heterocycles. The van der Waals surface area contributed by atoms with Crippen molar-refractivity contribution in [3.05, 3.63) is 47.1 Å². The Morgan fingerprint density at radius 3 is 2.44 bits per heavy atom. The van der Waals surface area contributed by atoms with Crippen molar-refractivity contribution in [1.82, 2.24) is 0 Å². The molecule has 2 aromatic rings. The predicted octanol–water partition coefficient (Wildman–Crippen LogP) is 5.86. The molecule has 0 atom stereocenters. The smallest absolute Gasteiger partial charge is 0.0428 e. The van der Waals surface area contributed by atoms with Crippen molar-refractivity contribution in [3.63, 3.8) is 0 Å². The van der Waals surface area contributed by atoms with Gasteiger partial charge in [-0.1, -0.05) is 24.2 Å². The van der Waals surface area contributed by atoms with E-state index < -0.39 is 0 Å². The van der Waals surface area contributed by atoms with E-state index >= 15 is 0 Å². The van der Waals surface area contributed by atoms with E-state index in [-0.39, 0.29) is 0 Å². The van der Waals surface area contributed by atoms with Crippen LogP contribution in [0.25, 0.3) is 15.8 Å². The molecule has 2 rings (SSSR count). The molecule has 0 N–H and O–H groups in total. The Labute approximate surface area is 140 Å². The molecule has 0 aliphatic carbocycles. The van der Waals surface area contributed by atoms with Gasteiger partial charge in [0.15, 0.2) is 0 Å². The second-order valence-corrected chi connectivity index (χ2v) is 7.26. The Balaban J connectivity index is 2.89. The van der Waals surface area contributed by atoms with E-state index in [9.17, 15) is 0 Å². The van der Waals surface area contributed by atoms with Crippen LogP contribution in [0, 0.1) is 10.7 Å². The zero-order chi connectivity index (χ0) is 11.9. The third-order valence-electron chi connectivity index (χ3n) is 2.26. The van der Waals surface area contributed by atoms with Gasteiger partial charge in [-0.25, -0.2) is 0 Å². The topological polar surface area (TPSA) is 0 Å². The van der Waals surface area contributed by atoms with Crippen molar-refractivity contribution >= 4 is 95.2 Å². The summed E-state index contributed by atoms with van der Waals surface area (Å²) >= 11 is 13.0. The van der Waals surface area contributed by atoms with Crippen LogP contribution >= 0.6 is 79.4 Å². The van der Waals surface area contributed by atoms with E-state index in [0.717, 1.165) is 9.13 Å². The molecular formula is C12H6ClI3. The second-order valence-electron chi connectivity index (χ2n) is 3.32. The Kier molecular flexibility index (Phi) is 4.40.